The molecule has 1 rings (SSSR count). The molecule has 0 N–H and O–H groups in total. The summed E-state index contributed by atoms with van der Waals surface area (Å²) in [6.07, 6.45) is 0. The minimum Gasteiger partial charge on any atom is -0.305 e. The van der Waals surface area contributed by atoms with Gasteiger partial charge < -0.3 is 4.90 Å². The van der Waals surface area contributed by atoms with Crippen molar-refractivity contribution >= 4 is 5.78 Å². The van der Waals surface area contributed by atoms with Gasteiger partial charge in [-0.2, -0.15) is 0 Å². The van der Waals surface area contributed by atoms with E-state index in [2.05, 4.69) is 27.4 Å². The number of carbonyl (C=O) groups excluding carboxylic acids is 1. The van der Waals surface area contributed by atoms with Crippen LogP contribution in [0.1, 0.15) is 42.3 Å². The summed E-state index contributed by atoms with van der Waals surface area (Å²) in [5.41, 5.74) is 3.52. The Morgan fingerprint density at radius 2 is 1.70 bits per heavy atom. The maximum Gasteiger partial charge on any atom is 0.189 e. The molecule has 2 nitrogen and oxygen atoms in total. The van der Waals surface area contributed by atoms with Crippen LogP contribution >= 0.6 is 0 Å². The number of hydrogen-bond acceptors (Lipinski definition) is 2. The van der Waals surface area contributed by atoms with E-state index >= 15 is 0 Å². The van der Waals surface area contributed by atoms with Gasteiger partial charge in [0.15, 0.2) is 5.78 Å². The molecule has 20 heavy (non-hydrogen) atoms. The van der Waals surface area contributed by atoms with Crippen molar-refractivity contribution in [3.8, 4) is 0 Å². The molecule has 1 aromatic carbocycles. The minimum atomic E-state index is 0.0508. The third kappa shape index (κ3) is 7.25. The van der Waals surface area contributed by atoms with Gasteiger partial charge in [-0.25, -0.2) is 0 Å². The number of hydrogen-bond donors (Lipinski definition) is 0. The Kier molecular flexibility index (Phi) is 8.09. The van der Waals surface area contributed by atoms with E-state index in [1.165, 1.54) is 0 Å². The first kappa shape index (κ1) is 18.6. The van der Waals surface area contributed by atoms with Gasteiger partial charge in [0, 0.05) is 17.7 Å². The van der Waals surface area contributed by atoms with Crippen LogP contribution < -0.4 is 0 Å². The van der Waals surface area contributed by atoms with Crippen molar-refractivity contribution in [1.82, 2.24) is 4.90 Å². The zero-order chi connectivity index (χ0) is 15.9. The fraction of sp³-hybridized carbons (Fsp3) is 0.500. The van der Waals surface area contributed by atoms with Crippen LogP contribution in [0.25, 0.3) is 0 Å². The van der Waals surface area contributed by atoms with Crippen LogP contribution in [0.5, 0.6) is 0 Å². The summed E-state index contributed by atoms with van der Waals surface area (Å²) in [7, 11) is 3.86. The Balaban J connectivity index is 0.000000796. The minimum absolute atomic E-state index is 0.0508. The lowest BCUT2D eigenvalue weighted by molar-refractivity contribution is 0.102. The highest BCUT2D eigenvalue weighted by Gasteiger charge is 2.13. The van der Waals surface area contributed by atoms with Crippen molar-refractivity contribution in [3.63, 3.8) is 0 Å². The van der Waals surface area contributed by atoms with Gasteiger partial charge in [-0.05, 0) is 45.5 Å². The molecule has 112 valence electrons. The van der Waals surface area contributed by atoms with E-state index in [0.717, 1.165) is 22.6 Å². The highest BCUT2D eigenvalue weighted by Crippen LogP contribution is 2.14. The second-order valence-electron chi connectivity index (χ2n) is 6.22. The molecule has 0 aromatic heterocycles. The molecule has 0 saturated carbocycles. The summed E-state index contributed by atoms with van der Waals surface area (Å²) < 4.78 is 0. The van der Waals surface area contributed by atoms with Crippen molar-refractivity contribution in [2.45, 2.75) is 34.6 Å². The third-order valence-corrected chi connectivity index (χ3v) is 2.47. The highest BCUT2D eigenvalue weighted by atomic mass is 16.1. The van der Waals surface area contributed by atoms with Crippen LogP contribution in [0.2, 0.25) is 0 Å². The normalized spacial score (nSPS) is 10.2. The van der Waals surface area contributed by atoms with Crippen LogP contribution in [0.4, 0.5) is 0 Å². The van der Waals surface area contributed by atoms with Gasteiger partial charge >= 0.3 is 0 Å². The summed E-state index contributed by atoms with van der Waals surface area (Å²) >= 11 is 0. The number of aryl methyl sites for hydroxylation is 2. The van der Waals surface area contributed by atoms with Crippen molar-refractivity contribution in [3.05, 3.63) is 47.0 Å². The Morgan fingerprint density at radius 1 is 1.20 bits per heavy atom. The van der Waals surface area contributed by atoms with E-state index in [0.29, 0.717) is 12.1 Å². The molecule has 0 spiro atoms. The Bertz CT molecular complexity index is 456. The first-order valence-corrected chi connectivity index (χ1v) is 7.09. The lowest BCUT2D eigenvalue weighted by atomic mass is 9.98. The molecule has 0 aliphatic carbocycles. The quantitative estimate of drug-likeness (QED) is 0.604. The van der Waals surface area contributed by atoms with Gasteiger partial charge in [0.05, 0.1) is 0 Å². The van der Waals surface area contributed by atoms with Crippen molar-refractivity contribution < 1.29 is 4.79 Å². The summed E-state index contributed by atoms with van der Waals surface area (Å²) in [6.45, 7) is 14.9. The summed E-state index contributed by atoms with van der Waals surface area (Å²) in [6, 6.07) is 5.92. The number of Topliss-reactive ketones (excluding diaryl/α,β-unsaturated/α-hetero) is 1. The average Bonchev–Trinajstić information content (AvgIpc) is 2.29. The van der Waals surface area contributed by atoms with E-state index < -0.39 is 0 Å². The van der Waals surface area contributed by atoms with Crippen LogP contribution in [-0.4, -0.2) is 31.3 Å². The van der Waals surface area contributed by atoms with Crippen LogP contribution in [0.15, 0.2) is 30.4 Å². The summed E-state index contributed by atoms with van der Waals surface area (Å²) in [5, 5.41) is 0. The molecule has 0 radical (unpaired) electrons. The molecule has 0 heterocycles. The van der Waals surface area contributed by atoms with Crippen molar-refractivity contribution in [2.24, 2.45) is 5.92 Å². The molecule has 2 heteroatoms. The zero-order valence-corrected chi connectivity index (χ0v) is 14.1. The van der Waals surface area contributed by atoms with Gasteiger partial charge in [-0.15, -0.1) is 0 Å². The van der Waals surface area contributed by atoms with Crippen molar-refractivity contribution in [2.75, 3.05) is 20.6 Å². The van der Waals surface area contributed by atoms with E-state index in [1.54, 1.807) is 0 Å². The maximum atomic E-state index is 12.1. The predicted octanol–water partition coefficient (Wildman–Crippen LogP) is 4.27. The van der Waals surface area contributed by atoms with Gasteiger partial charge in [0.25, 0.3) is 0 Å². The third-order valence-electron chi connectivity index (χ3n) is 2.47. The molecule has 0 saturated heterocycles. The molecule has 0 bridgehead atoms. The van der Waals surface area contributed by atoms with Gasteiger partial charge in [0.2, 0.25) is 0 Å². The topological polar surface area (TPSA) is 20.3 Å². The van der Waals surface area contributed by atoms with Crippen molar-refractivity contribution in [1.29, 1.82) is 0 Å². The SMILES string of the molecule is C=C(CN(C)C)C(=O)c1cc(C)ccc1C.CC(C)C. The maximum absolute atomic E-state index is 12.1. The fourth-order valence-corrected chi connectivity index (χ4v) is 1.62. The van der Waals surface area contributed by atoms with Crippen LogP contribution in [0.3, 0.4) is 0 Å². The van der Waals surface area contributed by atoms with Gasteiger partial charge in [-0.1, -0.05) is 45.0 Å². The molecular formula is C18H29NO. The van der Waals surface area contributed by atoms with Crippen LogP contribution in [0, 0.1) is 19.8 Å². The van der Waals surface area contributed by atoms with Gasteiger partial charge in [0.1, 0.15) is 0 Å². The molecule has 1 aromatic rings. The number of likely N-dealkylation sites (N-methyl/N-ethyl adjacent to an activating group) is 1. The number of ketones is 1. The lowest BCUT2D eigenvalue weighted by Gasteiger charge is -2.12. The second-order valence-corrected chi connectivity index (χ2v) is 6.22. The fourth-order valence-electron chi connectivity index (χ4n) is 1.62. The predicted molar refractivity (Wildman–Crippen MR) is 88.5 cm³/mol. The molecule has 0 aliphatic heterocycles. The Hall–Kier alpha value is -1.41. The molecule has 0 amide bonds. The van der Waals surface area contributed by atoms with E-state index in [4.69, 9.17) is 0 Å². The van der Waals surface area contributed by atoms with E-state index in [-0.39, 0.29) is 5.78 Å². The monoisotopic (exact) mass is 275 g/mol. The smallest absolute Gasteiger partial charge is 0.189 e. The summed E-state index contributed by atoms with van der Waals surface area (Å²) in [4.78, 5) is 14.1. The number of benzene rings is 1. The molecule has 0 unspecified atom stereocenters. The first-order valence-electron chi connectivity index (χ1n) is 7.09. The average molecular weight is 275 g/mol. The summed E-state index contributed by atoms with van der Waals surface area (Å²) in [5.74, 6) is 0.884. The number of carbonyl (C=O) groups is 1. The highest BCUT2D eigenvalue weighted by molar-refractivity contribution is 6.09. The Labute approximate surface area is 124 Å². The lowest BCUT2D eigenvalue weighted by Crippen LogP contribution is -2.19. The number of rotatable bonds is 4. The van der Waals surface area contributed by atoms with E-state index in [1.807, 2.05) is 51.0 Å². The zero-order valence-electron chi connectivity index (χ0n) is 14.1. The molecule has 0 aliphatic rings. The molecular weight excluding hydrogens is 246 g/mol. The van der Waals surface area contributed by atoms with E-state index in [9.17, 15) is 4.79 Å². The Morgan fingerprint density at radius 3 is 2.15 bits per heavy atom. The molecule has 0 atom stereocenters. The standard InChI is InChI=1S/C14H19NO.C4H10/c1-10-6-7-11(2)13(8-10)14(16)12(3)9-15(4)5;1-4(2)3/h6-8H,3,9H2,1-2,4-5H3;4H,1-3H3. The van der Waals surface area contributed by atoms with Crippen LogP contribution in [-0.2, 0) is 0 Å². The van der Waals surface area contributed by atoms with Gasteiger partial charge in [-0.3, -0.25) is 4.79 Å². The second kappa shape index (κ2) is 8.70. The molecule has 0 fully saturated rings. The first-order chi connectivity index (χ1) is 9.15. The number of nitrogens with zero attached hydrogens (tertiary/aromatic N) is 1. The largest absolute Gasteiger partial charge is 0.305 e.